The molecule has 0 aliphatic carbocycles. The number of benzene rings is 1. The second kappa shape index (κ2) is 6.90. The first-order valence-corrected chi connectivity index (χ1v) is 9.23. The summed E-state index contributed by atoms with van der Waals surface area (Å²) in [5.74, 6) is -0.443. The predicted octanol–water partition coefficient (Wildman–Crippen LogP) is 3.77. The van der Waals surface area contributed by atoms with Gasteiger partial charge in [0.25, 0.3) is 0 Å². The quantitative estimate of drug-likeness (QED) is 0.687. The monoisotopic (exact) mass is 423 g/mol. The molecular formula is C18H22BrN3O4. The SMILES string of the molecule is COC(=O)c1c2cc(Br)ccc2nn1C1CCN(C(=O)OC(C)(C)C)C1. The summed E-state index contributed by atoms with van der Waals surface area (Å²) in [6.07, 6.45) is 0.345. The first-order valence-electron chi connectivity index (χ1n) is 8.43. The highest BCUT2D eigenvalue weighted by atomic mass is 79.9. The zero-order chi connectivity index (χ0) is 19.1. The van der Waals surface area contributed by atoms with Gasteiger partial charge < -0.3 is 14.4 Å². The van der Waals surface area contributed by atoms with Crippen molar-refractivity contribution in [3.63, 3.8) is 0 Å². The van der Waals surface area contributed by atoms with E-state index in [4.69, 9.17) is 9.47 Å². The van der Waals surface area contributed by atoms with E-state index in [1.165, 1.54) is 7.11 Å². The fourth-order valence-corrected chi connectivity index (χ4v) is 3.43. The molecule has 1 fully saturated rings. The minimum Gasteiger partial charge on any atom is -0.464 e. The van der Waals surface area contributed by atoms with E-state index >= 15 is 0 Å². The summed E-state index contributed by atoms with van der Waals surface area (Å²) in [5.41, 5.74) is 0.572. The number of likely N-dealkylation sites (tertiary alicyclic amines) is 1. The second-order valence-corrected chi connectivity index (χ2v) is 8.23. The van der Waals surface area contributed by atoms with E-state index in [0.717, 1.165) is 9.86 Å². The Labute approximate surface area is 160 Å². The average Bonchev–Trinajstić information content (AvgIpc) is 3.16. The van der Waals surface area contributed by atoms with E-state index in [1.807, 2.05) is 39.0 Å². The van der Waals surface area contributed by atoms with Crippen molar-refractivity contribution >= 4 is 38.9 Å². The number of halogens is 1. The molecule has 140 valence electrons. The Bertz CT molecular complexity index is 856. The summed E-state index contributed by atoms with van der Waals surface area (Å²) in [4.78, 5) is 26.3. The van der Waals surface area contributed by atoms with Gasteiger partial charge in [-0.15, -0.1) is 0 Å². The topological polar surface area (TPSA) is 73.7 Å². The highest BCUT2D eigenvalue weighted by molar-refractivity contribution is 9.10. The molecule has 2 aromatic rings. The maximum absolute atomic E-state index is 12.4. The Hall–Kier alpha value is -2.09. The van der Waals surface area contributed by atoms with Gasteiger partial charge in [-0.1, -0.05) is 15.9 Å². The van der Waals surface area contributed by atoms with Crippen molar-refractivity contribution in [3.8, 4) is 0 Å². The Kier molecular flexibility index (Phi) is 4.96. The molecular weight excluding hydrogens is 402 g/mol. The van der Waals surface area contributed by atoms with Crippen molar-refractivity contribution in [2.75, 3.05) is 20.2 Å². The van der Waals surface area contributed by atoms with Crippen molar-refractivity contribution in [1.82, 2.24) is 14.7 Å². The lowest BCUT2D eigenvalue weighted by Crippen LogP contribution is -2.35. The number of carbonyl (C=O) groups is 2. The third kappa shape index (κ3) is 3.70. The summed E-state index contributed by atoms with van der Waals surface area (Å²) in [6, 6.07) is 5.47. The molecule has 1 saturated heterocycles. The van der Waals surface area contributed by atoms with Gasteiger partial charge in [-0.25, -0.2) is 9.59 Å². The highest BCUT2D eigenvalue weighted by Gasteiger charge is 2.34. The number of rotatable bonds is 2. The molecule has 1 aromatic heterocycles. The molecule has 1 aliphatic heterocycles. The van der Waals surface area contributed by atoms with Gasteiger partial charge in [0.2, 0.25) is 0 Å². The van der Waals surface area contributed by atoms with Crippen LogP contribution >= 0.6 is 15.9 Å². The minimum atomic E-state index is -0.543. The molecule has 0 N–H and O–H groups in total. The van der Waals surface area contributed by atoms with Crippen LogP contribution in [0.25, 0.3) is 10.9 Å². The van der Waals surface area contributed by atoms with Crippen molar-refractivity contribution in [2.45, 2.75) is 38.8 Å². The maximum atomic E-state index is 12.4. The number of hydrogen-bond donors (Lipinski definition) is 0. The Balaban J connectivity index is 1.91. The van der Waals surface area contributed by atoms with Crippen LogP contribution in [0, 0.1) is 0 Å². The molecule has 0 spiro atoms. The van der Waals surface area contributed by atoms with Crippen LogP contribution in [0.15, 0.2) is 22.7 Å². The van der Waals surface area contributed by atoms with Crippen LogP contribution in [-0.2, 0) is 9.47 Å². The van der Waals surface area contributed by atoms with Crippen LogP contribution < -0.4 is 0 Å². The fraction of sp³-hybridized carbons (Fsp3) is 0.500. The Morgan fingerprint density at radius 2 is 2.04 bits per heavy atom. The third-order valence-corrected chi connectivity index (χ3v) is 4.69. The van der Waals surface area contributed by atoms with E-state index in [-0.39, 0.29) is 12.1 Å². The predicted molar refractivity (Wildman–Crippen MR) is 100 cm³/mol. The summed E-state index contributed by atoms with van der Waals surface area (Å²) in [5, 5.41) is 5.31. The van der Waals surface area contributed by atoms with Gasteiger partial charge in [0.1, 0.15) is 5.60 Å². The Morgan fingerprint density at radius 3 is 2.69 bits per heavy atom. The van der Waals surface area contributed by atoms with Crippen molar-refractivity contribution in [2.24, 2.45) is 0 Å². The second-order valence-electron chi connectivity index (χ2n) is 7.32. The van der Waals surface area contributed by atoms with Crippen molar-refractivity contribution in [1.29, 1.82) is 0 Å². The summed E-state index contributed by atoms with van der Waals surface area (Å²) < 4.78 is 12.9. The molecule has 26 heavy (non-hydrogen) atoms. The van der Waals surface area contributed by atoms with Gasteiger partial charge in [0, 0.05) is 22.9 Å². The molecule has 0 bridgehead atoms. The van der Waals surface area contributed by atoms with Crippen LogP contribution in [0.3, 0.4) is 0 Å². The van der Waals surface area contributed by atoms with Gasteiger partial charge in [-0.2, -0.15) is 5.10 Å². The maximum Gasteiger partial charge on any atom is 0.410 e. The number of carbonyl (C=O) groups excluding carboxylic acids is 2. The molecule has 1 aliphatic rings. The number of aromatic nitrogens is 2. The normalized spacial score (nSPS) is 17.6. The minimum absolute atomic E-state index is 0.109. The number of fused-ring (bicyclic) bond motifs is 1. The number of ether oxygens (including phenoxy) is 2. The fourth-order valence-electron chi connectivity index (χ4n) is 3.07. The lowest BCUT2D eigenvalue weighted by atomic mass is 10.2. The van der Waals surface area contributed by atoms with E-state index in [1.54, 1.807) is 9.58 Å². The number of nitrogens with zero attached hydrogens (tertiary/aromatic N) is 3. The van der Waals surface area contributed by atoms with E-state index in [0.29, 0.717) is 30.7 Å². The lowest BCUT2D eigenvalue weighted by Gasteiger charge is -2.24. The lowest BCUT2D eigenvalue weighted by molar-refractivity contribution is 0.0288. The average molecular weight is 424 g/mol. The van der Waals surface area contributed by atoms with Gasteiger partial charge in [0.05, 0.1) is 18.7 Å². The Morgan fingerprint density at radius 1 is 1.31 bits per heavy atom. The highest BCUT2D eigenvalue weighted by Crippen LogP contribution is 2.30. The molecule has 3 rings (SSSR count). The van der Waals surface area contributed by atoms with E-state index in [9.17, 15) is 9.59 Å². The zero-order valence-corrected chi connectivity index (χ0v) is 16.9. The van der Waals surface area contributed by atoms with Crippen LogP contribution in [0.1, 0.15) is 43.7 Å². The van der Waals surface area contributed by atoms with Gasteiger partial charge in [0.15, 0.2) is 5.69 Å². The van der Waals surface area contributed by atoms with Gasteiger partial charge in [-0.05, 0) is 45.4 Å². The third-order valence-electron chi connectivity index (χ3n) is 4.20. The summed E-state index contributed by atoms with van der Waals surface area (Å²) >= 11 is 3.43. The number of methoxy groups -OCH3 is 1. The van der Waals surface area contributed by atoms with Crippen LogP contribution in [0.4, 0.5) is 4.79 Å². The molecule has 1 aromatic carbocycles. The summed E-state index contributed by atoms with van der Waals surface area (Å²) in [6.45, 7) is 6.51. The van der Waals surface area contributed by atoms with Crippen molar-refractivity contribution < 1.29 is 19.1 Å². The summed E-state index contributed by atoms with van der Waals surface area (Å²) in [7, 11) is 1.35. The smallest absolute Gasteiger partial charge is 0.410 e. The molecule has 1 amide bonds. The first-order chi connectivity index (χ1) is 12.2. The number of amides is 1. The first kappa shape index (κ1) is 18.7. The van der Waals surface area contributed by atoms with Crippen LogP contribution in [-0.4, -0.2) is 52.5 Å². The molecule has 2 heterocycles. The molecule has 0 radical (unpaired) electrons. The number of esters is 1. The molecule has 7 nitrogen and oxygen atoms in total. The molecule has 8 heteroatoms. The molecule has 1 unspecified atom stereocenters. The number of hydrogen-bond acceptors (Lipinski definition) is 5. The largest absolute Gasteiger partial charge is 0.464 e. The van der Waals surface area contributed by atoms with Crippen LogP contribution in [0.2, 0.25) is 0 Å². The molecule has 1 atom stereocenters. The molecule has 0 saturated carbocycles. The van der Waals surface area contributed by atoms with Gasteiger partial charge in [-0.3, -0.25) is 4.68 Å². The van der Waals surface area contributed by atoms with Crippen molar-refractivity contribution in [3.05, 3.63) is 28.4 Å². The standard InChI is InChI=1S/C18H22BrN3O4/c1-18(2,3)26-17(24)21-8-7-12(10-21)22-15(16(23)25-4)13-9-11(19)5-6-14(13)20-22/h5-6,9,12H,7-8,10H2,1-4H3. The van der Waals surface area contributed by atoms with Crippen LogP contribution in [0.5, 0.6) is 0 Å². The zero-order valence-electron chi connectivity index (χ0n) is 15.3. The van der Waals surface area contributed by atoms with Gasteiger partial charge >= 0.3 is 12.1 Å². The van der Waals surface area contributed by atoms with E-state index < -0.39 is 11.6 Å². The van der Waals surface area contributed by atoms with E-state index in [2.05, 4.69) is 21.0 Å².